The predicted octanol–water partition coefficient (Wildman–Crippen LogP) is -2.64. The van der Waals surface area contributed by atoms with Gasteiger partial charge >= 0.3 is 0 Å². The Kier molecular flexibility index (Phi) is 4.68. The molecular weight excluding hydrogens is 387 g/mol. The SMILES string of the molecule is Cn1cnc2c(ncn2[C@@H]2O[C@H](CO)[C@@H](O)[C@H]2O)c1=O.[Sn]. The van der Waals surface area contributed by atoms with E-state index in [0.29, 0.717) is 0 Å². The molecule has 21 heavy (non-hydrogen) atoms. The third-order valence-electron chi connectivity index (χ3n) is 3.44. The number of rotatable bonds is 2. The zero-order chi connectivity index (χ0) is 14.4. The van der Waals surface area contributed by atoms with Crippen LogP contribution in [0.5, 0.6) is 0 Å². The quantitative estimate of drug-likeness (QED) is 0.471. The molecule has 0 saturated carbocycles. The number of aromatic nitrogens is 4. The van der Waals surface area contributed by atoms with Crippen molar-refractivity contribution >= 4 is 35.1 Å². The molecule has 3 rings (SSSR count). The summed E-state index contributed by atoms with van der Waals surface area (Å²) in [6, 6.07) is 0. The fraction of sp³-hybridized carbons (Fsp3) is 0.545. The maximum atomic E-state index is 11.9. The van der Waals surface area contributed by atoms with Gasteiger partial charge in [0.15, 0.2) is 17.4 Å². The van der Waals surface area contributed by atoms with Crippen molar-refractivity contribution in [1.82, 2.24) is 19.1 Å². The zero-order valence-electron chi connectivity index (χ0n) is 11.1. The molecule has 0 amide bonds. The van der Waals surface area contributed by atoms with Gasteiger partial charge in [-0.1, -0.05) is 0 Å². The Labute approximate surface area is 135 Å². The minimum absolute atomic E-state index is 0. The summed E-state index contributed by atoms with van der Waals surface area (Å²) in [7, 11) is 1.56. The van der Waals surface area contributed by atoms with Crippen molar-refractivity contribution in [3.8, 4) is 0 Å². The molecule has 2 aromatic rings. The van der Waals surface area contributed by atoms with Crippen molar-refractivity contribution in [3.63, 3.8) is 0 Å². The minimum Gasteiger partial charge on any atom is -0.394 e. The molecule has 1 aliphatic rings. The third-order valence-corrected chi connectivity index (χ3v) is 3.44. The van der Waals surface area contributed by atoms with E-state index in [-0.39, 0.29) is 40.6 Å². The number of imidazole rings is 1. The summed E-state index contributed by atoms with van der Waals surface area (Å²) in [5.74, 6) is 0. The Hall–Kier alpha value is -1.01. The van der Waals surface area contributed by atoms with Crippen molar-refractivity contribution in [2.45, 2.75) is 24.5 Å². The van der Waals surface area contributed by atoms with Crippen LogP contribution in [0.2, 0.25) is 0 Å². The van der Waals surface area contributed by atoms with Gasteiger partial charge in [0.05, 0.1) is 19.3 Å². The van der Waals surface area contributed by atoms with Crippen molar-refractivity contribution in [3.05, 3.63) is 23.0 Å². The molecule has 9 nitrogen and oxygen atoms in total. The first-order valence-corrected chi connectivity index (χ1v) is 6.05. The summed E-state index contributed by atoms with van der Waals surface area (Å²) < 4.78 is 8.05. The Morgan fingerprint density at radius 1 is 1.29 bits per heavy atom. The van der Waals surface area contributed by atoms with Gasteiger partial charge in [0.1, 0.15) is 18.3 Å². The summed E-state index contributed by atoms with van der Waals surface area (Å²) in [5, 5.41) is 28.8. The minimum atomic E-state index is -1.24. The fourth-order valence-corrected chi connectivity index (χ4v) is 2.29. The molecule has 3 N–H and O–H groups in total. The first-order chi connectivity index (χ1) is 9.54. The number of fused-ring (bicyclic) bond motifs is 1. The van der Waals surface area contributed by atoms with Crippen LogP contribution in [-0.4, -0.2) is 83.2 Å². The number of ether oxygens (including phenoxy) is 1. The summed E-state index contributed by atoms with van der Waals surface area (Å²) in [4.78, 5) is 19.9. The van der Waals surface area contributed by atoms with E-state index in [1.807, 2.05) is 0 Å². The van der Waals surface area contributed by atoms with Crippen LogP contribution >= 0.6 is 0 Å². The molecule has 2 aromatic heterocycles. The second kappa shape index (κ2) is 6.00. The van der Waals surface area contributed by atoms with Gasteiger partial charge in [-0.2, -0.15) is 0 Å². The summed E-state index contributed by atoms with van der Waals surface area (Å²) in [6.45, 7) is -0.420. The number of aliphatic hydroxyl groups excluding tert-OH is 3. The number of aryl methyl sites for hydroxylation is 1. The average Bonchev–Trinajstić information content (AvgIpc) is 2.98. The van der Waals surface area contributed by atoms with Crippen LogP contribution in [0.15, 0.2) is 17.4 Å². The molecule has 0 aromatic carbocycles. The maximum absolute atomic E-state index is 11.9. The van der Waals surface area contributed by atoms with Gasteiger partial charge < -0.3 is 24.6 Å². The van der Waals surface area contributed by atoms with Gasteiger partial charge in [-0.3, -0.25) is 9.36 Å². The summed E-state index contributed by atoms with van der Waals surface area (Å²) in [6.07, 6.45) is -1.64. The third kappa shape index (κ3) is 2.48. The Balaban J connectivity index is 0.00000161. The van der Waals surface area contributed by atoms with Gasteiger partial charge in [-0.05, 0) is 0 Å². The molecule has 1 aliphatic heterocycles. The first-order valence-electron chi connectivity index (χ1n) is 6.05. The monoisotopic (exact) mass is 402 g/mol. The molecule has 0 unspecified atom stereocenters. The van der Waals surface area contributed by atoms with E-state index in [4.69, 9.17) is 9.84 Å². The zero-order valence-corrected chi connectivity index (χ0v) is 14.0. The molecule has 4 radical (unpaired) electrons. The largest absolute Gasteiger partial charge is 0.394 e. The molecule has 10 heteroatoms. The van der Waals surface area contributed by atoms with Gasteiger partial charge in [-0.15, -0.1) is 0 Å². The Morgan fingerprint density at radius 2 is 2.00 bits per heavy atom. The summed E-state index contributed by atoms with van der Waals surface area (Å²) >= 11 is 0. The molecule has 0 bridgehead atoms. The van der Waals surface area contributed by atoms with Crippen LogP contribution in [-0.2, 0) is 11.8 Å². The standard InChI is InChI=1S/C11H14N4O5.Sn/c1-14-3-13-9-6(10(14)19)12-4-15(9)11-8(18)7(17)5(2-16)20-11;/h3-5,7-8,11,16-18H,2H2,1H3;/t5-,7-,8-,11-;/m1./s1. The van der Waals surface area contributed by atoms with Crippen LogP contribution in [0.1, 0.15) is 6.23 Å². The molecule has 1 fully saturated rings. The van der Waals surface area contributed by atoms with E-state index in [0.717, 1.165) is 0 Å². The molecule has 4 atom stereocenters. The molecule has 112 valence electrons. The van der Waals surface area contributed by atoms with Crippen molar-refractivity contribution in [2.75, 3.05) is 6.61 Å². The number of hydrogen-bond acceptors (Lipinski definition) is 7. The van der Waals surface area contributed by atoms with E-state index >= 15 is 0 Å². The van der Waals surface area contributed by atoms with Gasteiger partial charge in [0.2, 0.25) is 0 Å². The topological polar surface area (TPSA) is 123 Å². The number of nitrogens with zero attached hydrogens (tertiary/aromatic N) is 4. The van der Waals surface area contributed by atoms with E-state index in [2.05, 4.69) is 9.97 Å². The van der Waals surface area contributed by atoms with Gasteiger partial charge in [-0.25, -0.2) is 9.97 Å². The molecule has 1 saturated heterocycles. The smallest absolute Gasteiger partial charge is 0.281 e. The van der Waals surface area contributed by atoms with Crippen molar-refractivity contribution in [1.29, 1.82) is 0 Å². The molecule has 0 spiro atoms. The second-order valence-electron chi connectivity index (χ2n) is 4.71. The van der Waals surface area contributed by atoms with E-state index in [1.165, 1.54) is 21.8 Å². The van der Waals surface area contributed by atoms with E-state index < -0.39 is 31.1 Å². The first kappa shape index (κ1) is 16.4. The summed E-state index contributed by atoms with van der Waals surface area (Å²) in [5.41, 5.74) is 0.0798. The normalized spacial score (nSPS) is 28.8. The van der Waals surface area contributed by atoms with E-state index in [9.17, 15) is 15.0 Å². The van der Waals surface area contributed by atoms with Crippen LogP contribution in [0, 0.1) is 0 Å². The second-order valence-corrected chi connectivity index (χ2v) is 4.71. The maximum Gasteiger partial charge on any atom is 0.281 e. The molecule has 3 heterocycles. The Bertz CT molecular complexity index is 701. The van der Waals surface area contributed by atoms with Crippen molar-refractivity contribution in [2.24, 2.45) is 7.05 Å². The Morgan fingerprint density at radius 3 is 2.62 bits per heavy atom. The fourth-order valence-electron chi connectivity index (χ4n) is 2.29. The molecular formula is C11H14N4O5Sn. The van der Waals surface area contributed by atoms with Gasteiger partial charge in [0.25, 0.3) is 5.56 Å². The van der Waals surface area contributed by atoms with Crippen LogP contribution in [0.25, 0.3) is 11.2 Å². The predicted molar refractivity (Wildman–Crippen MR) is 71.5 cm³/mol. The van der Waals surface area contributed by atoms with Gasteiger partial charge in [0, 0.05) is 31.0 Å². The van der Waals surface area contributed by atoms with Crippen LogP contribution < -0.4 is 5.56 Å². The van der Waals surface area contributed by atoms with Crippen LogP contribution in [0.3, 0.4) is 0 Å². The number of aliphatic hydroxyl groups is 3. The van der Waals surface area contributed by atoms with Crippen molar-refractivity contribution < 1.29 is 20.1 Å². The average molecular weight is 401 g/mol. The van der Waals surface area contributed by atoms with Crippen LogP contribution in [0.4, 0.5) is 0 Å². The number of hydrogen-bond donors (Lipinski definition) is 3. The molecule has 0 aliphatic carbocycles. The van der Waals surface area contributed by atoms with E-state index in [1.54, 1.807) is 7.05 Å².